The lowest BCUT2D eigenvalue weighted by Gasteiger charge is -2.02. The van der Waals surface area contributed by atoms with Crippen LogP contribution >= 0.6 is 10.7 Å². The molecule has 10 nitrogen and oxygen atoms in total. The van der Waals surface area contributed by atoms with Crippen LogP contribution in [0.4, 0.5) is 0 Å². The third-order valence-corrected chi connectivity index (χ3v) is 5.88. The van der Waals surface area contributed by atoms with Crippen molar-refractivity contribution in [2.24, 2.45) is 11.6 Å². The van der Waals surface area contributed by atoms with E-state index in [1.807, 2.05) is 39.8 Å². The number of ketones is 1. The van der Waals surface area contributed by atoms with Gasteiger partial charge in [0.1, 0.15) is 5.78 Å². The van der Waals surface area contributed by atoms with Crippen molar-refractivity contribution in [1.82, 2.24) is 4.89 Å². The third-order valence-electron chi connectivity index (χ3n) is 3.88. The van der Waals surface area contributed by atoms with Crippen molar-refractivity contribution < 1.29 is 31.7 Å². The molecule has 0 bridgehead atoms. The van der Waals surface area contributed by atoms with Crippen LogP contribution in [0.1, 0.15) is 63.3 Å². The highest BCUT2D eigenvalue weighted by Crippen LogP contribution is 2.12. The molecule has 0 amide bonds. The number of carbonyl (C=O) groups is 1. The molecule has 2 aromatic rings. The topological polar surface area (TPSA) is 179 Å². The number of nitrogens with two attached hydrogens (primary N) is 2. The second-order valence-electron chi connectivity index (χ2n) is 6.81. The quantitative estimate of drug-likeness (QED) is 0.252. The van der Waals surface area contributed by atoms with Gasteiger partial charge < -0.3 is 20.6 Å². The van der Waals surface area contributed by atoms with E-state index >= 15 is 0 Å². The molecule has 0 aliphatic carbocycles. The van der Waals surface area contributed by atoms with Crippen LogP contribution in [0.2, 0.25) is 0 Å². The first-order chi connectivity index (χ1) is 17.4. The first kappa shape index (κ1) is 39.6. The van der Waals surface area contributed by atoms with E-state index in [0.717, 1.165) is 11.1 Å². The van der Waals surface area contributed by atoms with Gasteiger partial charge in [0.05, 0.1) is 18.6 Å². The molecule has 0 aliphatic rings. The van der Waals surface area contributed by atoms with Gasteiger partial charge in [-0.25, -0.2) is 22.7 Å². The highest BCUT2D eigenvalue weighted by atomic mass is 35.7. The van der Waals surface area contributed by atoms with Crippen molar-refractivity contribution in [2.45, 2.75) is 65.5 Å². The minimum Gasteiger partial charge on any atom is -0.326 e. The number of halogens is 1. The largest absolute Gasteiger partial charge is 0.326 e. The average Bonchev–Trinajstić information content (AvgIpc) is 2.86. The van der Waals surface area contributed by atoms with E-state index in [2.05, 4.69) is 10.7 Å². The maximum atomic E-state index is 10.9. The van der Waals surface area contributed by atoms with Gasteiger partial charge in [-0.3, -0.25) is 0 Å². The minimum atomic E-state index is -3.62. The first-order valence-corrected chi connectivity index (χ1v) is 15.6. The van der Waals surface area contributed by atoms with Crippen LogP contribution < -0.4 is 16.5 Å². The minimum absolute atomic E-state index is 0.146. The molecule has 6 N–H and O–H groups in total. The SMILES string of the molecule is CC.CC.CC(=O)CCc1ccc(CS(=O)(=O)Cl)cc1.CON.NCc1ccc(CS(=O)(=O)NO)cc1. The summed E-state index contributed by atoms with van der Waals surface area (Å²) in [5, 5.41) is 8.30. The van der Waals surface area contributed by atoms with Crippen molar-refractivity contribution >= 4 is 35.5 Å². The number of rotatable bonds is 9. The molecule has 2 rings (SSSR count). The van der Waals surface area contributed by atoms with Gasteiger partial charge in [0, 0.05) is 23.6 Å². The lowest BCUT2D eigenvalue weighted by Crippen LogP contribution is -2.21. The standard InChI is InChI=1S/C11H13ClO3S.C8H12N2O3S.2C2H6.CH5NO/c1-9(13)2-3-10-4-6-11(7-5-10)8-16(12,14)15;9-5-7-1-3-8(4-2-7)6-14(12,13)10-11;2*1-2;1-3-2/h4-7H,2-3,8H2,1H3;1-4,10-11H,5-6,9H2;2*1-2H3;2H2,1H3. The smallest absolute Gasteiger partial charge is 0.237 e. The molecular weight excluding hydrogens is 542 g/mol. The predicted molar refractivity (Wildman–Crippen MR) is 150 cm³/mol. The monoisotopic (exact) mass is 583 g/mol. The lowest BCUT2D eigenvalue weighted by atomic mass is 10.1. The normalized spacial score (nSPS) is 10.1. The Morgan fingerprint density at radius 2 is 1.22 bits per heavy atom. The van der Waals surface area contributed by atoms with E-state index in [1.54, 1.807) is 43.3 Å². The zero-order valence-corrected chi connectivity index (χ0v) is 24.8. The molecule has 0 saturated carbocycles. The van der Waals surface area contributed by atoms with Crippen molar-refractivity contribution in [3.05, 3.63) is 70.8 Å². The number of aryl methyl sites for hydroxylation is 1. The van der Waals surface area contributed by atoms with Crippen LogP contribution in [0.5, 0.6) is 0 Å². The van der Waals surface area contributed by atoms with E-state index in [9.17, 15) is 21.6 Å². The number of sulfonamides is 1. The molecule has 0 aliphatic heterocycles. The molecule has 0 fully saturated rings. The Kier molecular flexibility index (Phi) is 24.9. The molecule has 0 atom stereocenters. The summed E-state index contributed by atoms with van der Waals surface area (Å²) in [7, 11) is -0.575. The van der Waals surface area contributed by atoms with Crippen LogP contribution in [0, 0.1) is 0 Å². The van der Waals surface area contributed by atoms with Gasteiger partial charge >= 0.3 is 0 Å². The summed E-state index contributed by atoms with van der Waals surface area (Å²) in [6.07, 6.45) is 1.19. The number of Topliss-reactive ketones (excluding diaryl/α,β-unsaturated/α-hetero) is 1. The summed E-state index contributed by atoms with van der Waals surface area (Å²) in [5.74, 6) is 4.09. The van der Waals surface area contributed by atoms with Crippen LogP contribution in [0.3, 0.4) is 0 Å². The summed E-state index contributed by atoms with van der Waals surface area (Å²) in [4.78, 5) is 15.8. The summed E-state index contributed by atoms with van der Waals surface area (Å²) >= 11 is 0. The summed E-state index contributed by atoms with van der Waals surface area (Å²) in [6.45, 7) is 9.97. The maximum Gasteiger partial charge on any atom is 0.237 e. The predicted octanol–water partition coefficient (Wildman–Crippen LogP) is 3.79. The molecule has 0 spiro atoms. The molecule has 2 aromatic carbocycles. The second-order valence-corrected chi connectivity index (χ2v) is 11.3. The Bertz CT molecular complexity index is 1050. The van der Waals surface area contributed by atoms with Gasteiger partial charge in [-0.05, 0) is 35.6 Å². The van der Waals surface area contributed by atoms with Gasteiger partial charge in [0.2, 0.25) is 19.1 Å². The van der Waals surface area contributed by atoms with E-state index in [1.165, 1.54) is 12.0 Å². The maximum absolute atomic E-state index is 10.9. The van der Waals surface area contributed by atoms with Gasteiger partial charge in [-0.1, -0.05) is 81.1 Å². The van der Waals surface area contributed by atoms with Gasteiger partial charge in [0.25, 0.3) is 0 Å². The van der Waals surface area contributed by atoms with E-state index in [-0.39, 0.29) is 17.3 Å². The van der Waals surface area contributed by atoms with Crippen LogP contribution in [0.25, 0.3) is 0 Å². The molecule has 37 heavy (non-hydrogen) atoms. The molecule has 0 unspecified atom stereocenters. The molecule has 0 saturated heterocycles. The fraction of sp³-hybridized carbons (Fsp3) is 0.458. The van der Waals surface area contributed by atoms with Crippen molar-refractivity contribution in [2.75, 3.05) is 7.11 Å². The zero-order valence-electron chi connectivity index (χ0n) is 22.4. The first-order valence-electron chi connectivity index (χ1n) is 11.5. The number of nitrogens with one attached hydrogen (secondary N) is 1. The Morgan fingerprint density at radius 1 is 0.865 bits per heavy atom. The number of hydrogen-bond acceptors (Lipinski definition) is 9. The molecule has 0 aromatic heterocycles. The van der Waals surface area contributed by atoms with Crippen molar-refractivity contribution in [3.8, 4) is 0 Å². The van der Waals surface area contributed by atoms with Crippen LogP contribution in [0.15, 0.2) is 48.5 Å². The van der Waals surface area contributed by atoms with Crippen molar-refractivity contribution in [3.63, 3.8) is 0 Å². The summed E-state index contributed by atoms with van der Waals surface area (Å²) in [6, 6.07) is 13.9. The van der Waals surface area contributed by atoms with Gasteiger partial charge in [-0.15, -0.1) is 0 Å². The third kappa shape index (κ3) is 24.2. The van der Waals surface area contributed by atoms with Gasteiger partial charge in [0.15, 0.2) is 0 Å². The van der Waals surface area contributed by atoms with Crippen LogP contribution in [-0.2, 0) is 53.2 Å². The number of benzene rings is 2. The van der Waals surface area contributed by atoms with E-state index in [4.69, 9.17) is 21.6 Å². The summed E-state index contributed by atoms with van der Waals surface area (Å²) < 4.78 is 43.5. The highest BCUT2D eigenvalue weighted by Gasteiger charge is 2.09. The Balaban J connectivity index is -0.000000505. The van der Waals surface area contributed by atoms with Crippen LogP contribution in [-0.4, -0.2) is 34.9 Å². The molecule has 0 radical (unpaired) electrons. The lowest BCUT2D eigenvalue weighted by molar-refractivity contribution is -0.116. The fourth-order valence-electron chi connectivity index (χ4n) is 2.34. The highest BCUT2D eigenvalue weighted by molar-refractivity contribution is 8.13. The molecule has 13 heteroatoms. The molecule has 214 valence electrons. The van der Waals surface area contributed by atoms with E-state index in [0.29, 0.717) is 30.5 Å². The average molecular weight is 584 g/mol. The number of carbonyl (C=O) groups excluding carboxylic acids is 1. The Hall–Kier alpha value is -1.90. The summed E-state index contributed by atoms with van der Waals surface area (Å²) in [5.41, 5.74) is 8.59. The fourth-order valence-corrected chi connectivity index (χ4v) is 4.01. The molecule has 0 heterocycles. The van der Waals surface area contributed by atoms with Gasteiger partial charge in [-0.2, -0.15) is 0 Å². The van der Waals surface area contributed by atoms with E-state index < -0.39 is 19.1 Å². The molecular formula is C24H42ClN3O7S2. The zero-order chi connectivity index (χ0) is 29.5. The Labute approximate surface area is 226 Å². The number of hydrogen-bond donors (Lipinski definition) is 4. The van der Waals surface area contributed by atoms with Crippen molar-refractivity contribution in [1.29, 1.82) is 0 Å². The second kappa shape index (κ2) is 23.2. The Morgan fingerprint density at radius 3 is 1.54 bits per heavy atom.